The van der Waals surface area contributed by atoms with Crippen LogP contribution in [-0.4, -0.2) is 11.5 Å². The minimum absolute atomic E-state index is 0.234. The summed E-state index contributed by atoms with van der Waals surface area (Å²) < 4.78 is 13.3. The number of pyridine rings is 1. The molecule has 3 rings (SSSR count). The lowest BCUT2D eigenvalue weighted by Crippen LogP contribution is -2.13. The molecular weight excluding hydrogens is 229 g/mol. The van der Waals surface area contributed by atoms with Crippen LogP contribution in [0, 0.1) is 17.1 Å². The molecule has 0 saturated heterocycles. The summed E-state index contributed by atoms with van der Waals surface area (Å²) in [5.74, 6) is -0.234. The average Bonchev–Trinajstić information content (AvgIpc) is 2.82. The molecule has 0 N–H and O–H groups in total. The van der Waals surface area contributed by atoms with Crippen LogP contribution in [0.5, 0.6) is 0 Å². The van der Waals surface area contributed by atoms with Gasteiger partial charge in [-0.2, -0.15) is 5.26 Å². The van der Waals surface area contributed by atoms with Gasteiger partial charge < -0.3 is 4.90 Å². The zero-order valence-electron chi connectivity index (χ0n) is 9.60. The molecule has 4 heteroatoms. The normalized spacial score (nSPS) is 13.2. The average molecular weight is 239 g/mol. The molecule has 0 atom stereocenters. The van der Waals surface area contributed by atoms with Gasteiger partial charge >= 0.3 is 0 Å². The Morgan fingerprint density at radius 1 is 1.28 bits per heavy atom. The lowest BCUT2D eigenvalue weighted by molar-refractivity contribution is 0.628. The van der Waals surface area contributed by atoms with E-state index >= 15 is 0 Å². The van der Waals surface area contributed by atoms with Crippen LogP contribution in [0.15, 0.2) is 36.5 Å². The molecule has 2 aromatic rings. The number of hydrogen-bond acceptors (Lipinski definition) is 3. The summed E-state index contributed by atoms with van der Waals surface area (Å²) in [6.45, 7) is 0.812. The molecule has 0 fully saturated rings. The van der Waals surface area contributed by atoms with E-state index in [-0.39, 0.29) is 5.82 Å². The van der Waals surface area contributed by atoms with E-state index in [0.29, 0.717) is 5.69 Å². The fourth-order valence-electron chi connectivity index (χ4n) is 2.23. The number of nitrogens with zero attached hydrogens (tertiary/aromatic N) is 3. The Bertz CT molecular complexity index is 628. The van der Waals surface area contributed by atoms with Crippen molar-refractivity contribution in [2.75, 3.05) is 11.4 Å². The van der Waals surface area contributed by atoms with Gasteiger partial charge in [-0.3, -0.25) is 0 Å². The van der Waals surface area contributed by atoms with E-state index in [2.05, 4.69) is 4.98 Å². The lowest BCUT2D eigenvalue weighted by atomic mass is 10.1. The highest BCUT2D eigenvalue weighted by molar-refractivity contribution is 5.69. The summed E-state index contributed by atoms with van der Waals surface area (Å²) >= 11 is 0. The maximum atomic E-state index is 13.3. The van der Waals surface area contributed by atoms with E-state index in [9.17, 15) is 4.39 Å². The standard InChI is InChI=1S/C14H10FN3/c15-11-2-1-10-5-6-18(14(10)7-11)13-4-3-12(8-16)17-9-13/h1-4,7,9H,5-6H2. The van der Waals surface area contributed by atoms with Crippen LogP contribution >= 0.6 is 0 Å². The van der Waals surface area contributed by atoms with Crippen LogP contribution in [0.25, 0.3) is 0 Å². The highest BCUT2D eigenvalue weighted by Gasteiger charge is 2.21. The third-order valence-corrected chi connectivity index (χ3v) is 3.12. The Kier molecular flexibility index (Phi) is 2.45. The first kappa shape index (κ1) is 10.7. The monoisotopic (exact) mass is 239 g/mol. The molecule has 2 heterocycles. The van der Waals surface area contributed by atoms with Crippen LogP contribution in [0.3, 0.4) is 0 Å². The van der Waals surface area contributed by atoms with Crippen molar-refractivity contribution in [3.05, 3.63) is 53.6 Å². The molecule has 18 heavy (non-hydrogen) atoms. The molecule has 88 valence electrons. The number of nitriles is 1. The number of anilines is 2. The van der Waals surface area contributed by atoms with Gasteiger partial charge in [0, 0.05) is 12.2 Å². The van der Waals surface area contributed by atoms with E-state index in [0.717, 1.165) is 29.9 Å². The number of aromatic nitrogens is 1. The Morgan fingerprint density at radius 2 is 2.17 bits per heavy atom. The zero-order chi connectivity index (χ0) is 12.5. The molecule has 1 aliphatic heterocycles. The molecule has 0 saturated carbocycles. The van der Waals surface area contributed by atoms with Gasteiger partial charge in [0.15, 0.2) is 0 Å². The Balaban J connectivity index is 2.00. The molecule has 3 nitrogen and oxygen atoms in total. The number of rotatable bonds is 1. The van der Waals surface area contributed by atoms with Gasteiger partial charge in [-0.25, -0.2) is 9.37 Å². The quantitative estimate of drug-likeness (QED) is 0.768. The van der Waals surface area contributed by atoms with E-state index in [1.165, 1.54) is 6.07 Å². The highest BCUT2D eigenvalue weighted by Crippen LogP contribution is 2.34. The summed E-state index contributed by atoms with van der Waals surface area (Å²) in [5.41, 5.74) is 3.30. The predicted molar refractivity (Wildman–Crippen MR) is 66.1 cm³/mol. The SMILES string of the molecule is N#Cc1ccc(N2CCc3ccc(F)cc32)cn1. The van der Waals surface area contributed by atoms with Crippen LogP contribution in [-0.2, 0) is 6.42 Å². The van der Waals surface area contributed by atoms with Crippen molar-refractivity contribution in [3.63, 3.8) is 0 Å². The van der Waals surface area contributed by atoms with Crippen LogP contribution in [0.4, 0.5) is 15.8 Å². The van der Waals surface area contributed by atoms with E-state index < -0.39 is 0 Å². The predicted octanol–water partition coefficient (Wildman–Crippen LogP) is 2.79. The van der Waals surface area contributed by atoms with Gasteiger partial charge in [0.25, 0.3) is 0 Å². The topological polar surface area (TPSA) is 39.9 Å². The first-order chi connectivity index (χ1) is 8.78. The summed E-state index contributed by atoms with van der Waals surface area (Å²) in [6, 6.07) is 10.3. The summed E-state index contributed by atoms with van der Waals surface area (Å²) in [4.78, 5) is 6.06. The third kappa shape index (κ3) is 1.70. The van der Waals surface area contributed by atoms with Gasteiger partial charge in [-0.15, -0.1) is 0 Å². The molecule has 0 amide bonds. The zero-order valence-corrected chi connectivity index (χ0v) is 9.60. The molecule has 0 bridgehead atoms. The minimum atomic E-state index is -0.234. The fourth-order valence-corrected chi connectivity index (χ4v) is 2.23. The van der Waals surface area contributed by atoms with Gasteiger partial charge in [0.2, 0.25) is 0 Å². The van der Waals surface area contributed by atoms with E-state index in [1.807, 2.05) is 23.1 Å². The van der Waals surface area contributed by atoms with Crippen LogP contribution < -0.4 is 4.90 Å². The summed E-state index contributed by atoms with van der Waals surface area (Å²) in [5, 5.41) is 8.71. The molecule has 1 aromatic heterocycles. The Labute approximate surface area is 104 Å². The van der Waals surface area contributed by atoms with Crippen molar-refractivity contribution < 1.29 is 4.39 Å². The molecule has 0 unspecified atom stereocenters. The molecule has 0 spiro atoms. The Hall–Kier alpha value is -2.41. The summed E-state index contributed by atoms with van der Waals surface area (Å²) in [6.07, 6.45) is 2.55. The maximum absolute atomic E-state index is 13.3. The second kappa shape index (κ2) is 4.11. The molecule has 1 aliphatic rings. The fraction of sp³-hybridized carbons (Fsp3) is 0.143. The first-order valence-corrected chi connectivity index (χ1v) is 5.70. The third-order valence-electron chi connectivity index (χ3n) is 3.12. The van der Waals surface area contributed by atoms with Crippen molar-refractivity contribution in [2.45, 2.75) is 6.42 Å². The number of fused-ring (bicyclic) bond motifs is 1. The number of hydrogen-bond donors (Lipinski definition) is 0. The van der Waals surface area contributed by atoms with Gasteiger partial charge in [-0.05, 0) is 36.2 Å². The Morgan fingerprint density at radius 3 is 2.89 bits per heavy atom. The van der Waals surface area contributed by atoms with Crippen molar-refractivity contribution in [2.24, 2.45) is 0 Å². The number of halogens is 1. The lowest BCUT2D eigenvalue weighted by Gasteiger charge is -2.19. The minimum Gasteiger partial charge on any atom is -0.340 e. The first-order valence-electron chi connectivity index (χ1n) is 5.70. The van der Waals surface area contributed by atoms with Crippen molar-refractivity contribution in [1.82, 2.24) is 4.98 Å². The van der Waals surface area contributed by atoms with Crippen LogP contribution in [0.1, 0.15) is 11.3 Å². The molecular formula is C14H10FN3. The molecule has 0 aliphatic carbocycles. The van der Waals surface area contributed by atoms with Gasteiger partial charge in [0.05, 0.1) is 11.9 Å². The second-order valence-electron chi connectivity index (χ2n) is 4.19. The summed E-state index contributed by atoms with van der Waals surface area (Å²) in [7, 11) is 0. The highest BCUT2D eigenvalue weighted by atomic mass is 19.1. The van der Waals surface area contributed by atoms with E-state index in [4.69, 9.17) is 5.26 Å². The van der Waals surface area contributed by atoms with Crippen molar-refractivity contribution in [1.29, 1.82) is 5.26 Å². The smallest absolute Gasteiger partial charge is 0.140 e. The molecule has 1 aromatic carbocycles. The van der Waals surface area contributed by atoms with Crippen molar-refractivity contribution >= 4 is 11.4 Å². The second-order valence-corrected chi connectivity index (χ2v) is 4.19. The maximum Gasteiger partial charge on any atom is 0.140 e. The van der Waals surface area contributed by atoms with Gasteiger partial charge in [-0.1, -0.05) is 6.07 Å². The van der Waals surface area contributed by atoms with Gasteiger partial charge in [0.1, 0.15) is 17.6 Å². The largest absolute Gasteiger partial charge is 0.340 e. The molecule has 0 radical (unpaired) electrons. The number of benzene rings is 1. The van der Waals surface area contributed by atoms with Crippen LogP contribution in [0.2, 0.25) is 0 Å². The van der Waals surface area contributed by atoms with E-state index in [1.54, 1.807) is 18.3 Å². The van der Waals surface area contributed by atoms with Crippen molar-refractivity contribution in [3.8, 4) is 6.07 Å².